The molecule has 96 valence electrons. The van der Waals surface area contributed by atoms with Gasteiger partial charge in [-0.15, -0.1) is 0 Å². The molecular weight excluding hydrogens is 238 g/mol. The molecule has 0 bridgehead atoms. The molecule has 0 radical (unpaired) electrons. The van der Waals surface area contributed by atoms with Gasteiger partial charge in [0.15, 0.2) is 5.52 Å². The number of aromatic nitrogens is 3. The molecule has 0 amide bonds. The molecule has 0 N–H and O–H groups in total. The van der Waals surface area contributed by atoms with Crippen LogP contribution in [0.1, 0.15) is 18.4 Å². The Kier molecular flexibility index (Phi) is 3.14. The molecule has 7 heteroatoms. The van der Waals surface area contributed by atoms with Gasteiger partial charge in [-0.3, -0.25) is 9.59 Å². The van der Waals surface area contributed by atoms with Gasteiger partial charge in [0.25, 0.3) is 5.56 Å². The summed E-state index contributed by atoms with van der Waals surface area (Å²) in [7, 11) is 0. The molecule has 2 rings (SSSR count). The summed E-state index contributed by atoms with van der Waals surface area (Å²) in [4.78, 5) is 23.4. The number of hydrogen-bond acceptors (Lipinski definition) is 6. The lowest BCUT2D eigenvalue weighted by Gasteiger charge is -2.05. The average molecular weight is 251 g/mol. The number of nitrogens with zero attached hydrogens (tertiary/aromatic N) is 3. The molecule has 0 aliphatic rings. The topological polar surface area (TPSA) is 87.2 Å². The third-order valence-corrected chi connectivity index (χ3v) is 2.52. The Morgan fingerprint density at radius 3 is 2.83 bits per heavy atom. The lowest BCUT2D eigenvalue weighted by Crippen LogP contribution is -2.28. The third kappa shape index (κ3) is 1.99. The highest BCUT2D eigenvalue weighted by molar-refractivity contribution is 5.81. The van der Waals surface area contributed by atoms with Crippen LogP contribution in [0.15, 0.2) is 9.32 Å². The summed E-state index contributed by atoms with van der Waals surface area (Å²) in [5.74, 6) is 0.0291. The van der Waals surface area contributed by atoms with Crippen LogP contribution in [0.5, 0.6) is 0 Å². The van der Waals surface area contributed by atoms with Crippen LogP contribution in [0.2, 0.25) is 0 Å². The Bertz CT molecular complexity index is 656. The SMILES string of the molecule is CCOC(=O)Cn1nc(C)c2c(C)onc2c1=O. The van der Waals surface area contributed by atoms with Gasteiger partial charge in [-0.1, -0.05) is 5.16 Å². The summed E-state index contributed by atoms with van der Waals surface area (Å²) >= 11 is 0. The highest BCUT2D eigenvalue weighted by atomic mass is 16.5. The highest BCUT2D eigenvalue weighted by Crippen LogP contribution is 2.16. The van der Waals surface area contributed by atoms with E-state index >= 15 is 0 Å². The van der Waals surface area contributed by atoms with Crippen molar-refractivity contribution in [3.05, 3.63) is 21.8 Å². The molecule has 0 unspecified atom stereocenters. The molecule has 2 aromatic rings. The molecule has 0 aliphatic heterocycles. The molecule has 0 fully saturated rings. The van der Waals surface area contributed by atoms with Crippen molar-refractivity contribution in [3.8, 4) is 0 Å². The van der Waals surface area contributed by atoms with Gasteiger partial charge in [0.05, 0.1) is 17.7 Å². The molecule has 0 saturated heterocycles. The predicted octanol–water partition coefficient (Wildman–Crippen LogP) is 0.564. The number of ether oxygens (including phenoxy) is 1. The van der Waals surface area contributed by atoms with Gasteiger partial charge < -0.3 is 9.26 Å². The summed E-state index contributed by atoms with van der Waals surface area (Å²) in [6.07, 6.45) is 0. The average Bonchev–Trinajstić information content (AvgIpc) is 2.69. The Morgan fingerprint density at radius 2 is 2.17 bits per heavy atom. The maximum atomic E-state index is 12.0. The van der Waals surface area contributed by atoms with Gasteiger partial charge in [-0.05, 0) is 20.8 Å². The van der Waals surface area contributed by atoms with E-state index in [9.17, 15) is 9.59 Å². The molecule has 18 heavy (non-hydrogen) atoms. The van der Waals surface area contributed by atoms with Crippen molar-refractivity contribution in [2.45, 2.75) is 27.3 Å². The van der Waals surface area contributed by atoms with E-state index in [2.05, 4.69) is 10.3 Å². The van der Waals surface area contributed by atoms with E-state index in [1.807, 2.05) is 0 Å². The van der Waals surface area contributed by atoms with Crippen molar-refractivity contribution < 1.29 is 14.1 Å². The van der Waals surface area contributed by atoms with Crippen molar-refractivity contribution in [3.63, 3.8) is 0 Å². The Balaban J connectivity index is 2.50. The number of carbonyl (C=O) groups is 1. The van der Waals surface area contributed by atoms with Crippen molar-refractivity contribution in [1.29, 1.82) is 0 Å². The van der Waals surface area contributed by atoms with E-state index in [1.165, 1.54) is 0 Å². The molecule has 0 aromatic carbocycles. The zero-order valence-electron chi connectivity index (χ0n) is 10.4. The molecule has 0 saturated carbocycles. The van der Waals surface area contributed by atoms with Gasteiger partial charge in [0.2, 0.25) is 0 Å². The molecule has 0 spiro atoms. The number of aryl methyl sites for hydroxylation is 2. The first-order chi connectivity index (χ1) is 8.54. The molecule has 2 aromatic heterocycles. The minimum absolute atomic E-state index is 0.185. The quantitative estimate of drug-likeness (QED) is 0.741. The second-order valence-electron chi connectivity index (χ2n) is 3.82. The first-order valence-corrected chi connectivity index (χ1v) is 5.54. The first-order valence-electron chi connectivity index (χ1n) is 5.54. The summed E-state index contributed by atoms with van der Waals surface area (Å²) in [5.41, 5.74) is 0.317. The normalized spacial score (nSPS) is 10.8. The maximum Gasteiger partial charge on any atom is 0.327 e. The zero-order valence-corrected chi connectivity index (χ0v) is 10.4. The second-order valence-corrected chi connectivity index (χ2v) is 3.82. The van der Waals surface area contributed by atoms with E-state index in [4.69, 9.17) is 9.26 Å². The van der Waals surface area contributed by atoms with Crippen LogP contribution >= 0.6 is 0 Å². The maximum absolute atomic E-state index is 12.0. The van der Waals surface area contributed by atoms with Gasteiger partial charge in [0, 0.05) is 0 Å². The first kappa shape index (κ1) is 12.3. The van der Waals surface area contributed by atoms with E-state index < -0.39 is 11.5 Å². The van der Waals surface area contributed by atoms with Crippen molar-refractivity contribution in [1.82, 2.24) is 14.9 Å². The number of fused-ring (bicyclic) bond motifs is 1. The second kappa shape index (κ2) is 4.59. The molecule has 7 nitrogen and oxygen atoms in total. The van der Waals surface area contributed by atoms with Gasteiger partial charge >= 0.3 is 5.97 Å². The number of carbonyl (C=O) groups excluding carboxylic acids is 1. The van der Waals surface area contributed by atoms with Crippen LogP contribution in [-0.4, -0.2) is 27.5 Å². The van der Waals surface area contributed by atoms with E-state index in [0.717, 1.165) is 4.68 Å². The highest BCUT2D eigenvalue weighted by Gasteiger charge is 2.16. The monoisotopic (exact) mass is 251 g/mol. The summed E-state index contributed by atoms with van der Waals surface area (Å²) in [6, 6.07) is 0. The standard InChI is InChI=1S/C11H13N3O4/c1-4-17-8(15)5-14-11(16)10-9(6(2)12-14)7(3)18-13-10/h4-5H2,1-3H3. The minimum atomic E-state index is -0.508. The summed E-state index contributed by atoms with van der Waals surface area (Å²) in [6.45, 7) is 5.17. The number of esters is 1. The Labute approximate surface area is 102 Å². The largest absolute Gasteiger partial charge is 0.465 e. The summed E-state index contributed by atoms with van der Waals surface area (Å²) < 4.78 is 10.8. The van der Waals surface area contributed by atoms with Crippen LogP contribution in [0.25, 0.3) is 10.9 Å². The van der Waals surface area contributed by atoms with Crippen LogP contribution < -0.4 is 5.56 Å². The fraction of sp³-hybridized carbons (Fsp3) is 0.455. The fourth-order valence-corrected chi connectivity index (χ4v) is 1.78. The van der Waals surface area contributed by atoms with Gasteiger partial charge in [-0.2, -0.15) is 5.10 Å². The van der Waals surface area contributed by atoms with E-state index in [1.54, 1.807) is 20.8 Å². The smallest absolute Gasteiger partial charge is 0.327 e. The Morgan fingerprint density at radius 1 is 1.44 bits per heavy atom. The van der Waals surface area contributed by atoms with Crippen LogP contribution in [0.4, 0.5) is 0 Å². The third-order valence-electron chi connectivity index (χ3n) is 2.52. The molecule has 0 atom stereocenters. The predicted molar refractivity (Wildman–Crippen MR) is 62.2 cm³/mol. The van der Waals surface area contributed by atoms with E-state index in [-0.39, 0.29) is 18.7 Å². The molecular formula is C11H13N3O4. The fourth-order valence-electron chi connectivity index (χ4n) is 1.78. The van der Waals surface area contributed by atoms with Crippen LogP contribution in [-0.2, 0) is 16.1 Å². The van der Waals surface area contributed by atoms with E-state index in [0.29, 0.717) is 16.8 Å². The summed E-state index contributed by atoms with van der Waals surface area (Å²) in [5, 5.41) is 8.35. The van der Waals surface area contributed by atoms with Gasteiger partial charge in [-0.25, -0.2) is 4.68 Å². The molecule has 2 heterocycles. The van der Waals surface area contributed by atoms with Crippen molar-refractivity contribution in [2.75, 3.05) is 6.61 Å². The lowest BCUT2D eigenvalue weighted by atomic mass is 10.2. The number of rotatable bonds is 3. The van der Waals surface area contributed by atoms with Crippen LogP contribution in [0.3, 0.4) is 0 Å². The Hall–Kier alpha value is -2.18. The van der Waals surface area contributed by atoms with Crippen molar-refractivity contribution >= 4 is 16.9 Å². The number of hydrogen-bond donors (Lipinski definition) is 0. The van der Waals surface area contributed by atoms with Crippen LogP contribution in [0, 0.1) is 13.8 Å². The van der Waals surface area contributed by atoms with Crippen molar-refractivity contribution in [2.24, 2.45) is 0 Å². The minimum Gasteiger partial charge on any atom is -0.465 e. The van der Waals surface area contributed by atoms with Gasteiger partial charge in [0.1, 0.15) is 12.3 Å². The lowest BCUT2D eigenvalue weighted by molar-refractivity contribution is -0.144. The zero-order chi connectivity index (χ0) is 13.3. The molecule has 0 aliphatic carbocycles.